The number of para-hydroxylation sites is 3. The molecule has 0 bridgehead atoms. The smallest absolute Gasteiger partial charge is 0.257 e. The summed E-state index contributed by atoms with van der Waals surface area (Å²) in [6.07, 6.45) is 1.70. The molecule has 0 saturated heterocycles. The number of anilines is 1. The molecule has 3 rings (SSSR count). The molecule has 0 atom stereocenters. The number of rotatable bonds is 5. The highest BCUT2D eigenvalue weighted by Crippen LogP contribution is 2.22. The molecule has 0 unspecified atom stereocenters. The minimum atomic E-state index is -0.195. The van der Waals surface area contributed by atoms with E-state index in [0.29, 0.717) is 11.3 Å². The zero-order chi connectivity index (χ0) is 17.5. The number of benzene rings is 3. The molecule has 3 aromatic rings. The van der Waals surface area contributed by atoms with Gasteiger partial charge in [-0.2, -0.15) is 0 Å². The van der Waals surface area contributed by atoms with E-state index in [0.717, 1.165) is 17.0 Å². The van der Waals surface area contributed by atoms with Gasteiger partial charge in [-0.1, -0.05) is 42.5 Å². The van der Waals surface area contributed by atoms with Crippen molar-refractivity contribution in [3.63, 3.8) is 0 Å². The average molecular weight is 330 g/mol. The number of methoxy groups -OCH3 is 1. The van der Waals surface area contributed by atoms with Gasteiger partial charge in [-0.25, -0.2) is 0 Å². The third-order valence-electron chi connectivity index (χ3n) is 3.66. The fourth-order valence-electron chi connectivity index (χ4n) is 2.41. The zero-order valence-electron chi connectivity index (χ0n) is 13.8. The van der Waals surface area contributed by atoms with Gasteiger partial charge < -0.3 is 10.1 Å². The van der Waals surface area contributed by atoms with Gasteiger partial charge in [0.25, 0.3) is 5.91 Å². The fourth-order valence-corrected chi connectivity index (χ4v) is 2.41. The van der Waals surface area contributed by atoms with Crippen LogP contribution in [0.4, 0.5) is 11.4 Å². The molecule has 4 nitrogen and oxygen atoms in total. The molecule has 1 N–H and O–H groups in total. The third kappa shape index (κ3) is 4.12. The third-order valence-corrected chi connectivity index (χ3v) is 3.66. The number of amides is 1. The highest BCUT2D eigenvalue weighted by Gasteiger charge is 2.10. The quantitative estimate of drug-likeness (QED) is 0.690. The van der Waals surface area contributed by atoms with Gasteiger partial charge in [-0.3, -0.25) is 9.79 Å². The van der Waals surface area contributed by atoms with E-state index >= 15 is 0 Å². The van der Waals surface area contributed by atoms with Gasteiger partial charge in [0, 0.05) is 17.5 Å². The Labute approximate surface area is 146 Å². The fraction of sp³-hybridized carbons (Fsp3) is 0.0476. The molecule has 0 aliphatic heterocycles. The first kappa shape index (κ1) is 16.5. The van der Waals surface area contributed by atoms with Crippen molar-refractivity contribution in [2.75, 3.05) is 12.4 Å². The van der Waals surface area contributed by atoms with Gasteiger partial charge in [0.05, 0.1) is 18.4 Å². The van der Waals surface area contributed by atoms with Crippen LogP contribution >= 0.6 is 0 Å². The van der Waals surface area contributed by atoms with Crippen LogP contribution in [0.25, 0.3) is 0 Å². The molecule has 3 aromatic carbocycles. The van der Waals surface area contributed by atoms with Gasteiger partial charge in [0.2, 0.25) is 0 Å². The van der Waals surface area contributed by atoms with E-state index in [2.05, 4.69) is 10.3 Å². The Balaban J connectivity index is 1.86. The Morgan fingerprint density at radius 3 is 2.40 bits per heavy atom. The molecule has 0 aliphatic rings. The highest BCUT2D eigenvalue weighted by molar-refractivity contribution is 6.08. The molecule has 0 aliphatic carbocycles. The summed E-state index contributed by atoms with van der Waals surface area (Å²) in [5.41, 5.74) is 2.71. The Bertz CT molecular complexity index is 889. The molecule has 25 heavy (non-hydrogen) atoms. The van der Waals surface area contributed by atoms with E-state index < -0.39 is 0 Å². The molecule has 1 amide bonds. The van der Waals surface area contributed by atoms with Crippen LogP contribution in [0.1, 0.15) is 15.9 Å². The van der Waals surface area contributed by atoms with Crippen molar-refractivity contribution < 1.29 is 9.53 Å². The van der Waals surface area contributed by atoms with Crippen molar-refractivity contribution in [2.45, 2.75) is 0 Å². The molecular weight excluding hydrogens is 312 g/mol. The van der Waals surface area contributed by atoms with E-state index in [9.17, 15) is 4.79 Å². The second-order valence-corrected chi connectivity index (χ2v) is 5.34. The van der Waals surface area contributed by atoms with Crippen LogP contribution in [0, 0.1) is 0 Å². The summed E-state index contributed by atoms with van der Waals surface area (Å²) >= 11 is 0. The first-order valence-electron chi connectivity index (χ1n) is 7.90. The predicted molar refractivity (Wildman–Crippen MR) is 101 cm³/mol. The van der Waals surface area contributed by atoms with Crippen LogP contribution in [0.2, 0.25) is 0 Å². The second-order valence-electron chi connectivity index (χ2n) is 5.34. The first-order chi connectivity index (χ1) is 12.3. The van der Waals surface area contributed by atoms with Crippen LogP contribution < -0.4 is 10.1 Å². The lowest BCUT2D eigenvalue weighted by molar-refractivity contribution is 0.102. The maximum absolute atomic E-state index is 12.6. The summed E-state index contributed by atoms with van der Waals surface area (Å²) in [5, 5.41) is 2.88. The van der Waals surface area contributed by atoms with E-state index in [-0.39, 0.29) is 5.91 Å². The van der Waals surface area contributed by atoms with Crippen LogP contribution in [0.5, 0.6) is 5.75 Å². The molecule has 0 saturated carbocycles. The van der Waals surface area contributed by atoms with Gasteiger partial charge in [0.15, 0.2) is 0 Å². The first-order valence-corrected chi connectivity index (χ1v) is 7.90. The van der Waals surface area contributed by atoms with E-state index in [4.69, 9.17) is 4.74 Å². The number of nitrogens with zero attached hydrogens (tertiary/aromatic N) is 1. The summed E-state index contributed by atoms with van der Waals surface area (Å²) in [4.78, 5) is 17.0. The molecule has 0 fully saturated rings. The normalized spacial score (nSPS) is 10.6. The van der Waals surface area contributed by atoms with E-state index in [1.165, 1.54) is 0 Å². The van der Waals surface area contributed by atoms with E-state index in [1.807, 2.05) is 72.8 Å². The van der Waals surface area contributed by atoms with Crippen molar-refractivity contribution in [3.05, 3.63) is 90.0 Å². The molecule has 0 radical (unpaired) electrons. The molecule has 4 heteroatoms. The molecule has 0 heterocycles. The Morgan fingerprint density at radius 2 is 1.60 bits per heavy atom. The topological polar surface area (TPSA) is 50.7 Å². The molecular formula is C21H18N2O2. The van der Waals surface area contributed by atoms with Crippen LogP contribution in [-0.4, -0.2) is 19.2 Å². The van der Waals surface area contributed by atoms with Crippen LogP contribution in [0.3, 0.4) is 0 Å². The SMILES string of the molecule is COc1ccccc1C=Nc1ccccc1C(=O)Nc1ccccc1. The monoisotopic (exact) mass is 330 g/mol. The number of carbonyl (C=O) groups is 1. The Kier molecular flexibility index (Phi) is 5.22. The summed E-state index contributed by atoms with van der Waals surface area (Å²) in [6.45, 7) is 0. The number of ether oxygens (including phenoxy) is 1. The second kappa shape index (κ2) is 7.93. The van der Waals surface area contributed by atoms with Crippen LogP contribution in [-0.2, 0) is 0 Å². The predicted octanol–water partition coefficient (Wildman–Crippen LogP) is 4.70. The van der Waals surface area contributed by atoms with Crippen molar-refractivity contribution >= 4 is 23.5 Å². The van der Waals surface area contributed by atoms with Crippen molar-refractivity contribution in [2.24, 2.45) is 4.99 Å². The number of aliphatic imine (C=N–C) groups is 1. The van der Waals surface area contributed by atoms with Crippen LogP contribution in [0.15, 0.2) is 83.9 Å². The molecule has 124 valence electrons. The number of hydrogen-bond donors (Lipinski definition) is 1. The maximum Gasteiger partial charge on any atom is 0.257 e. The van der Waals surface area contributed by atoms with E-state index in [1.54, 1.807) is 19.4 Å². The summed E-state index contributed by atoms with van der Waals surface area (Å²) < 4.78 is 5.32. The number of carbonyl (C=O) groups excluding carboxylic acids is 1. The summed E-state index contributed by atoms with van der Waals surface area (Å²) in [5.74, 6) is 0.538. The Morgan fingerprint density at radius 1 is 0.920 bits per heavy atom. The van der Waals surface area contributed by atoms with Gasteiger partial charge in [0.1, 0.15) is 5.75 Å². The lowest BCUT2D eigenvalue weighted by Crippen LogP contribution is -2.11. The largest absolute Gasteiger partial charge is 0.496 e. The highest BCUT2D eigenvalue weighted by atomic mass is 16.5. The number of nitrogens with one attached hydrogen (secondary N) is 1. The lowest BCUT2D eigenvalue weighted by Gasteiger charge is -2.08. The van der Waals surface area contributed by atoms with Gasteiger partial charge >= 0.3 is 0 Å². The zero-order valence-corrected chi connectivity index (χ0v) is 13.8. The average Bonchev–Trinajstić information content (AvgIpc) is 2.67. The summed E-state index contributed by atoms with van der Waals surface area (Å²) in [6, 6.07) is 24.2. The maximum atomic E-state index is 12.6. The van der Waals surface area contributed by atoms with Crippen molar-refractivity contribution in [3.8, 4) is 5.75 Å². The van der Waals surface area contributed by atoms with Gasteiger partial charge in [-0.05, 0) is 36.4 Å². The molecule has 0 spiro atoms. The molecule has 0 aromatic heterocycles. The lowest BCUT2D eigenvalue weighted by atomic mass is 10.1. The minimum Gasteiger partial charge on any atom is -0.496 e. The van der Waals surface area contributed by atoms with Gasteiger partial charge in [-0.15, -0.1) is 0 Å². The Hall–Kier alpha value is -3.40. The standard InChI is InChI=1S/C21H18N2O2/c1-25-20-14-8-5-9-16(20)15-22-19-13-7-6-12-18(19)21(24)23-17-10-3-2-4-11-17/h2-15H,1H3,(H,23,24). The van der Waals surface area contributed by atoms with Crippen molar-refractivity contribution in [1.29, 1.82) is 0 Å². The number of hydrogen-bond acceptors (Lipinski definition) is 3. The minimum absolute atomic E-state index is 0.195. The summed E-state index contributed by atoms with van der Waals surface area (Å²) in [7, 11) is 1.62. The van der Waals surface area contributed by atoms with Crippen molar-refractivity contribution in [1.82, 2.24) is 0 Å².